The van der Waals surface area contributed by atoms with Crippen LogP contribution >= 0.6 is 0 Å². The summed E-state index contributed by atoms with van der Waals surface area (Å²) < 4.78 is 39.0. The average Bonchev–Trinajstić information content (AvgIpc) is 2.67. The van der Waals surface area contributed by atoms with E-state index in [0.717, 1.165) is 5.56 Å². The monoisotopic (exact) mass is 392 g/mol. The molecular weight excluding hydrogens is 375 g/mol. The van der Waals surface area contributed by atoms with Crippen LogP contribution < -0.4 is 0 Å². The van der Waals surface area contributed by atoms with Crippen molar-refractivity contribution in [2.45, 2.75) is 9.79 Å². The molecule has 3 aromatic rings. The zero-order valence-corrected chi connectivity index (χ0v) is 15.1. The van der Waals surface area contributed by atoms with Gasteiger partial charge in [0.25, 0.3) is 0 Å². The van der Waals surface area contributed by atoms with Crippen molar-refractivity contribution in [3.63, 3.8) is 0 Å². The van der Waals surface area contributed by atoms with Gasteiger partial charge < -0.3 is 17.3 Å². The normalized spacial score (nSPS) is 10.9. The molecule has 0 N–H and O–H groups in total. The van der Waals surface area contributed by atoms with Gasteiger partial charge >= 0.3 is 7.25 Å². The van der Waals surface area contributed by atoms with Gasteiger partial charge in [0.1, 0.15) is 0 Å². The summed E-state index contributed by atoms with van der Waals surface area (Å²) in [6, 6.07) is 30.1. The Morgan fingerprint density at radius 2 is 1.00 bits per heavy atom. The number of ketones is 1. The molecule has 1 nitrogen and oxygen atoms in total. The molecule has 0 unspecified atom stereocenters. The van der Waals surface area contributed by atoms with Crippen molar-refractivity contribution < 1.29 is 22.1 Å². The van der Waals surface area contributed by atoms with Crippen molar-refractivity contribution in [1.29, 1.82) is 0 Å². The number of carbonyl (C=O) groups excluding carboxylic acids is 1. The summed E-state index contributed by atoms with van der Waals surface area (Å²) in [5.41, 5.74) is 0.784. The van der Waals surface area contributed by atoms with Crippen LogP contribution in [-0.4, -0.2) is 18.8 Å². The minimum absolute atomic E-state index is 0.191. The van der Waals surface area contributed by atoms with Gasteiger partial charge in [0.15, 0.2) is 15.5 Å². The van der Waals surface area contributed by atoms with Gasteiger partial charge in [-0.1, -0.05) is 66.7 Å². The molecule has 3 rings (SSSR count). The van der Waals surface area contributed by atoms with Crippen LogP contribution in [0.1, 0.15) is 10.4 Å². The highest BCUT2D eigenvalue weighted by Crippen LogP contribution is 2.24. The summed E-state index contributed by atoms with van der Waals surface area (Å²) in [6.45, 7) is 0. The fourth-order valence-electron chi connectivity index (χ4n) is 2.31. The molecule has 0 radical (unpaired) electrons. The predicted molar refractivity (Wildman–Crippen MR) is 103 cm³/mol. The molecule has 0 saturated heterocycles. The van der Waals surface area contributed by atoms with Gasteiger partial charge in [-0.05, 0) is 24.3 Å². The Bertz CT molecular complexity index is 781. The fourth-order valence-corrected chi connectivity index (χ4v) is 4.32. The second-order valence-corrected chi connectivity index (χ2v) is 7.46. The Morgan fingerprint density at radius 1 is 0.667 bits per heavy atom. The molecule has 3 aromatic carbocycles. The van der Waals surface area contributed by atoms with E-state index in [2.05, 4.69) is 24.3 Å². The fraction of sp³-hybridized carbons (Fsp3) is 0.0500. The summed E-state index contributed by atoms with van der Waals surface area (Å²) >= 11 is 0. The van der Waals surface area contributed by atoms with E-state index in [-0.39, 0.29) is 16.7 Å². The van der Waals surface area contributed by atoms with E-state index < -0.39 is 7.25 Å². The molecule has 0 aromatic heterocycles. The highest BCUT2D eigenvalue weighted by molar-refractivity contribution is 7.97. The van der Waals surface area contributed by atoms with E-state index in [0.29, 0.717) is 5.75 Å². The third-order valence-corrected chi connectivity index (χ3v) is 5.66. The molecule has 0 heterocycles. The summed E-state index contributed by atoms with van der Waals surface area (Å²) in [7, 11) is -6.23. The average molecular weight is 392 g/mol. The Hall–Kier alpha value is -2.54. The van der Waals surface area contributed by atoms with Crippen molar-refractivity contribution in [2.24, 2.45) is 0 Å². The second kappa shape index (κ2) is 9.97. The SMILES string of the molecule is F[B-](F)(F)F.O=C(C[S+](c1ccccc1)c1ccccc1)c1ccccc1. The lowest BCUT2D eigenvalue weighted by Crippen LogP contribution is -2.17. The van der Waals surface area contributed by atoms with Crippen LogP contribution in [0.5, 0.6) is 0 Å². The molecule has 7 heteroatoms. The number of Topliss-reactive ketones (excluding diaryl/α,β-unsaturated/α-hetero) is 1. The van der Waals surface area contributed by atoms with Crippen LogP contribution in [0.4, 0.5) is 17.3 Å². The minimum Gasteiger partial charge on any atom is -0.418 e. The highest BCUT2D eigenvalue weighted by atomic mass is 32.2. The first-order chi connectivity index (χ1) is 12.8. The zero-order chi connectivity index (χ0) is 19.7. The quantitative estimate of drug-likeness (QED) is 0.229. The number of benzene rings is 3. The molecule has 0 fully saturated rings. The van der Waals surface area contributed by atoms with Gasteiger partial charge in [-0.2, -0.15) is 0 Å². The lowest BCUT2D eigenvalue weighted by atomic mass is 10.2. The Balaban J connectivity index is 0.000000465. The highest BCUT2D eigenvalue weighted by Gasteiger charge is 2.28. The Labute approximate surface area is 158 Å². The van der Waals surface area contributed by atoms with Crippen LogP contribution in [0, 0.1) is 0 Å². The predicted octanol–water partition coefficient (Wildman–Crippen LogP) is 5.91. The molecule has 0 aliphatic carbocycles. The number of halogens is 4. The third-order valence-electron chi connectivity index (χ3n) is 3.43. The second-order valence-electron chi connectivity index (χ2n) is 5.45. The van der Waals surface area contributed by atoms with Crippen molar-refractivity contribution in [3.8, 4) is 0 Å². The maximum Gasteiger partial charge on any atom is 0.673 e. The summed E-state index contributed by atoms with van der Waals surface area (Å²) in [5, 5.41) is 0. The van der Waals surface area contributed by atoms with E-state index in [1.165, 1.54) is 9.79 Å². The van der Waals surface area contributed by atoms with Gasteiger partial charge in [-0.3, -0.25) is 4.79 Å². The van der Waals surface area contributed by atoms with E-state index in [9.17, 15) is 22.1 Å². The smallest absolute Gasteiger partial charge is 0.418 e. The third kappa shape index (κ3) is 7.70. The van der Waals surface area contributed by atoms with Crippen molar-refractivity contribution in [1.82, 2.24) is 0 Å². The maximum atomic E-state index is 12.6. The standard InChI is InChI=1S/C20H17OS.BF4/c21-20(17-10-4-1-5-11-17)16-22(18-12-6-2-7-13-18)19-14-8-3-9-15-19;2-1(3,4)5/h1-15H,16H2;/q+1;-1. The topological polar surface area (TPSA) is 17.1 Å². The van der Waals surface area contributed by atoms with Gasteiger partial charge in [0.05, 0.1) is 10.9 Å². The minimum atomic E-state index is -6.00. The summed E-state index contributed by atoms with van der Waals surface area (Å²) in [4.78, 5) is 15.0. The zero-order valence-electron chi connectivity index (χ0n) is 14.3. The molecule has 27 heavy (non-hydrogen) atoms. The molecule has 0 aliphatic rings. The van der Waals surface area contributed by atoms with E-state index in [1.54, 1.807) is 0 Å². The van der Waals surface area contributed by atoms with Gasteiger partial charge in [-0.15, -0.1) is 0 Å². The number of rotatable bonds is 5. The Kier molecular flexibility index (Phi) is 7.67. The van der Waals surface area contributed by atoms with Crippen LogP contribution in [0.15, 0.2) is 101 Å². The molecule has 0 spiro atoms. The van der Waals surface area contributed by atoms with Crippen LogP contribution in [0.25, 0.3) is 0 Å². The molecule has 0 amide bonds. The lowest BCUT2D eigenvalue weighted by molar-refractivity contribution is 0.102. The van der Waals surface area contributed by atoms with E-state index >= 15 is 0 Å². The molecule has 140 valence electrons. The van der Waals surface area contributed by atoms with Gasteiger partial charge in [0.2, 0.25) is 5.78 Å². The van der Waals surface area contributed by atoms with Crippen LogP contribution in [-0.2, 0) is 10.9 Å². The van der Waals surface area contributed by atoms with Crippen LogP contribution in [0.3, 0.4) is 0 Å². The first kappa shape index (κ1) is 20.8. The summed E-state index contributed by atoms with van der Waals surface area (Å²) in [6.07, 6.45) is 0. The molecule has 0 atom stereocenters. The van der Waals surface area contributed by atoms with Crippen molar-refractivity contribution in [2.75, 3.05) is 5.75 Å². The molecule has 0 bridgehead atoms. The summed E-state index contributed by atoms with van der Waals surface area (Å²) in [5.74, 6) is 0.703. The largest absolute Gasteiger partial charge is 0.673 e. The van der Waals surface area contributed by atoms with Crippen LogP contribution in [0.2, 0.25) is 0 Å². The maximum absolute atomic E-state index is 12.6. The number of carbonyl (C=O) groups is 1. The van der Waals surface area contributed by atoms with Gasteiger partial charge in [-0.25, -0.2) is 0 Å². The molecule has 0 aliphatic heterocycles. The first-order valence-electron chi connectivity index (χ1n) is 8.11. The lowest BCUT2D eigenvalue weighted by Gasteiger charge is -2.07. The Morgan fingerprint density at radius 3 is 1.37 bits per heavy atom. The van der Waals surface area contributed by atoms with Gasteiger partial charge in [0, 0.05) is 5.56 Å². The first-order valence-corrected chi connectivity index (χ1v) is 9.50. The number of hydrogen-bond donors (Lipinski definition) is 0. The number of hydrogen-bond acceptors (Lipinski definition) is 1. The van der Waals surface area contributed by atoms with E-state index in [4.69, 9.17) is 0 Å². The molecule has 0 saturated carbocycles. The van der Waals surface area contributed by atoms with Crippen molar-refractivity contribution in [3.05, 3.63) is 96.6 Å². The van der Waals surface area contributed by atoms with E-state index in [1.807, 2.05) is 66.7 Å². The molecular formula is C20H17BF4OS. The van der Waals surface area contributed by atoms with Crippen molar-refractivity contribution >= 4 is 23.9 Å².